The molecule has 1 atom stereocenters. The van der Waals surface area contributed by atoms with Gasteiger partial charge in [0.2, 0.25) is 5.91 Å². The first-order valence-corrected chi connectivity index (χ1v) is 5.46. The second-order valence-corrected chi connectivity index (χ2v) is 3.53. The van der Waals surface area contributed by atoms with Gasteiger partial charge in [-0.2, -0.15) is 25.3 Å². The molecule has 0 fully saturated rings. The first-order valence-electron chi connectivity index (χ1n) is 4.19. The molecule has 0 aliphatic heterocycles. The maximum atomic E-state index is 11.2. The Labute approximate surface area is 85.3 Å². The Bertz CT molecular complexity index is 130. The lowest BCUT2D eigenvalue weighted by molar-refractivity contribution is -0.124. The van der Waals surface area contributed by atoms with E-state index < -0.39 is 0 Å². The predicted octanol–water partition coefficient (Wildman–Crippen LogP) is 1.38. The molecule has 72 valence electrons. The largest absolute Gasteiger partial charge is 0.359 e. The van der Waals surface area contributed by atoms with E-state index in [-0.39, 0.29) is 11.8 Å². The zero-order valence-electron chi connectivity index (χ0n) is 7.42. The van der Waals surface area contributed by atoms with E-state index >= 15 is 0 Å². The number of thiol groups is 2. The van der Waals surface area contributed by atoms with Gasteiger partial charge in [0, 0.05) is 18.7 Å². The van der Waals surface area contributed by atoms with Gasteiger partial charge in [0.05, 0.1) is 0 Å². The number of unbranched alkanes of at least 4 members (excludes halogenated alkanes) is 1. The number of nitrogens with one attached hydrogen (secondary N) is 1. The summed E-state index contributed by atoms with van der Waals surface area (Å²) in [7, 11) is 1.66. The maximum absolute atomic E-state index is 11.2. The molecule has 4 heteroatoms. The van der Waals surface area contributed by atoms with Gasteiger partial charge in [-0.1, -0.05) is 6.42 Å². The SMILES string of the molecule is CNC(=O)C(CS)CCCCS. The van der Waals surface area contributed by atoms with Crippen molar-refractivity contribution in [2.75, 3.05) is 18.6 Å². The summed E-state index contributed by atoms with van der Waals surface area (Å²) >= 11 is 8.24. The van der Waals surface area contributed by atoms with Gasteiger partial charge in [-0.3, -0.25) is 4.79 Å². The summed E-state index contributed by atoms with van der Waals surface area (Å²) in [4.78, 5) is 11.2. The molecule has 0 heterocycles. The Morgan fingerprint density at radius 3 is 2.50 bits per heavy atom. The highest BCUT2D eigenvalue weighted by molar-refractivity contribution is 7.80. The van der Waals surface area contributed by atoms with Gasteiger partial charge in [-0.05, 0) is 18.6 Å². The zero-order chi connectivity index (χ0) is 9.40. The van der Waals surface area contributed by atoms with Crippen LogP contribution in [-0.4, -0.2) is 24.5 Å². The number of carbonyl (C=O) groups excluding carboxylic acids is 1. The average molecular weight is 207 g/mol. The summed E-state index contributed by atoms with van der Waals surface area (Å²) in [6.07, 6.45) is 3.05. The molecule has 0 aromatic carbocycles. The highest BCUT2D eigenvalue weighted by atomic mass is 32.1. The van der Waals surface area contributed by atoms with Crippen molar-refractivity contribution in [3.63, 3.8) is 0 Å². The summed E-state index contributed by atoms with van der Waals surface area (Å²) in [5.74, 6) is 1.70. The van der Waals surface area contributed by atoms with E-state index in [9.17, 15) is 4.79 Å². The van der Waals surface area contributed by atoms with E-state index in [0.717, 1.165) is 25.0 Å². The summed E-state index contributed by atoms with van der Waals surface area (Å²) in [6, 6.07) is 0. The monoisotopic (exact) mass is 207 g/mol. The van der Waals surface area contributed by atoms with E-state index in [1.807, 2.05) is 0 Å². The molecule has 2 nitrogen and oxygen atoms in total. The Balaban J connectivity index is 3.60. The molecule has 0 aliphatic rings. The van der Waals surface area contributed by atoms with Crippen LogP contribution in [0.4, 0.5) is 0 Å². The third-order valence-corrected chi connectivity index (χ3v) is 2.56. The van der Waals surface area contributed by atoms with Crippen LogP contribution in [0.5, 0.6) is 0 Å². The van der Waals surface area contributed by atoms with Crippen molar-refractivity contribution < 1.29 is 4.79 Å². The lowest BCUT2D eigenvalue weighted by Crippen LogP contribution is -2.28. The van der Waals surface area contributed by atoms with E-state index in [1.54, 1.807) is 7.05 Å². The molecule has 0 aromatic heterocycles. The predicted molar refractivity (Wildman–Crippen MR) is 59.1 cm³/mol. The molecule has 0 rings (SSSR count). The van der Waals surface area contributed by atoms with Crippen LogP contribution in [-0.2, 0) is 4.79 Å². The molecule has 0 bridgehead atoms. The second-order valence-electron chi connectivity index (χ2n) is 2.71. The highest BCUT2D eigenvalue weighted by Crippen LogP contribution is 2.10. The van der Waals surface area contributed by atoms with Crippen molar-refractivity contribution in [3.8, 4) is 0 Å². The fourth-order valence-electron chi connectivity index (χ4n) is 1.01. The van der Waals surface area contributed by atoms with E-state index in [1.165, 1.54) is 0 Å². The van der Waals surface area contributed by atoms with Crippen molar-refractivity contribution in [1.82, 2.24) is 5.32 Å². The first kappa shape index (κ1) is 12.2. The Morgan fingerprint density at radius 1 is 1.42 bits per heavy atom. The van der Waals surface area contributed by atoms with Gasteiger partial charge >= 0.3 is 0 Å². The molecule has 1 N–H and O–H groups in total. The third-order valence-electron chi connectivity index (χ3n) is 1.80. The summed E-state index contributed by atoms with van der Waals surface area (Å²) < 4.78 is 0. The van der Waals surface area contributed by atoms with Crippen molar-refractivity contribution in [2.45, 2.75) is 19.3 Å². The normalized spacial score (nSPS) is 12.6. The van der Waals surface area contributed by atoms with Crippen molar-refractivity contribution >= 4 is 31.2 Å². The average Bonchev–Trinajstić information content (AvgIpc) is 2.11. The molecule has 0 spiro atoms. The fraction of sp³-hybridized carbons (Fsp3) is 0.875. The van der Waals surface area contributed by atoms with Gasteiger partial charge in [-0.15, -0.1) is 0 Å². The lowest BCUT2D eigenvalue weighted by atomic mass is 10.0. The molecule has 1 unspecified atom stereocenters. The standard InChI is InChI=1S/C8H17NOS2/c1-9-8(10)7(6-12)4-2-3-5-11/h7,11-12H,2-6H2,1H3,(H,9,10). The Kier molecular flexibility index (Phi) is 7.91. The third kappa shape index (κ3) is 4.93. The number of hydrogen-bond donors (Lipinski definition) is 3. The highest BCUT2D eigenvalue weighted by Gasteiger charge is 2.13. The van der Waals surface area contributed by atoms with Crippen LogP contribution in [0.2, 0.25) is 0 Å². The molecule has 0 saturated carbocycles. The molecule has 0 saturated heterocycles. The topological polar surface area (TPSA) is 29.1 Å². The van der Waals surface area contributed by atoms with Crippen LogP contribution in [0.1, 0.15) is 19.3 Å². The van der Waals surface area contributed by atoms with Gasteiger partial charge in [-0.25, -0.2) is 0 Å². The first-order chi connectivity index (χ1) is 5.76. The Hall–Kier alpha value is 0.170. The molecule has 0 radical (unpaired) electrons. The minimum absolute atomic E-state index is 0.0678. The second kappa shape index (κ2) is 7.80. The van der Waals surface area contributed by atoms with Crippen LogP contribution >= 0.6 is 25.3 Å². The lowest BCUT2D eigenvalue weighted by Gasteiger charge is -2.11. The van der Waals surface area contributed by atoms with E-state index in [4.69, 9.17) is 0 Å². The number of amides is 1. The van der Waals surface area contributed by atoms with Gasteiger partial charge in [0.15, 0.2) is 0 Å². The molecular formula is C8H17NOS2. The smallest absolute Gasteiger partial charge is 0.223 e. The fourth-order valence-corrected chi connectivity index (χ4v) is 1.58. The number of hydrogen-bond acceptors (Lipinski definition) is 3. The Morgan fingerprint density at radius 2 is 2.08 bits per heavy atom. The van der Waals surface area contributed by atoms with E-state index in [0.29, 0.717) is 5.75 Å². The quantitative estimate of drug-likeness (QED) is 0.446. The van der Waals surface area contributed by atoms with Crippen LogP contribution in [0.15, 0.2) is 0 Å². The minimum atomic E-state index is 0.0678. The van der Waals surface area contributed by atoms with Gasteiger partial charge in [0.1, 0.15) is 0 Å². The zero-order valence-corrected chi connectivity index (χ0v) is 9.20. The van der Waals surface area contributed by atoms with E-state index in [2.05, 4.69) is 30.6 Å². The number of rotatable bonds is 6. The van der Waals surface area contributed by atoms with Crippen molar-refractivity contribution in [1.29, 1.82) is 0 Å². The summed E-state index contributed by atoms with van der Waals surface area (Å²) in [6.45, 7) is 0. The van der Waals surface area contributed by atoms with Gasteiger partial charge in [0.25, 0.3) is 0 Å². The molecular weight excluding hydrogens is 190 g/mol. The van der Waals surface area contributed by atoms with Gasteiger partial charge < -0.3 is 5.32 Å². The van der Waals surface area contributed by atoms with Crippen molar-refractivity contribution in [2.24, 2.45) is 5.92 Å². The summed E-state index contributed by atoms with van der Waals surface area (Å²) in [5, 5.41) is 2.64. The molecule has 1 amide bonds. The van der Waals surface area contributed by atoms with Crippen LogP contribution < -0.4 is 5.32 Å². The van der Waals surface area contributed by atoms with Crippen LogP contribution in [0.3, 0.4) is 0 Å². The van der Waals surface area contributed by atoms with Crippen LogP contribution in [0.25, 0.3) is 0 Å². The molecule has 0 aromatic rings. The molecule has 12 heavy (non-hydrogen) atoms. The van der Waals surface area contributed by atoms with Crippen molar-refractivity contribution in [3.05, 3.63) is 0 Å². The van der Waals surface area contributed by atoms with Crippen LogP contribution in [0, 0.1) is 5.92 Å². The summed E-state index contributed by atoms with van der Waals surface area (Å²) in [5.41, 5.74) is 0. The molecule has 0 aliphatic carbocycles. The maximum Gasteiger partial charge on any atom is 0.223 e. The number of carbonyl (C=O) groups is 1. The minimum Gasteiger partial charge on any atom is -0.359 e.